The van der Waals surface area contributed by atoms with E-state index in [1.165, 1.54) is 25.1 Å². The molecule has 0 heterocycles. The van der Waals surface area contributed by atoms with Gasteiger partial charge in [-0.05, 0) is 43.7 Å². The van der Waals surface area contributed by atoms with Gasteiger partial charge in [-0.1, -0.05) is 31.4 Å². The van der Waals surface area contributed by atoms with E-state index >= 15 is 0 Å². The summed E-state index contributed by atoms with van der Waals surface area (Å²) in [6.07, 6.45) is 0. The van der Waals surface area contributed by atoms with E-state index in [0.717, 1.165) is 0 Å². The van der Waals surface area contributed by atoms with Crippen molar-refractivity contribution in [3.63, 3.8) is 0 Å². The molecule has 0 aliphatic heterocycles. The van der Waals surface area contributed by atoms with Crippen LogP contribution in [0, 0.1) is 0 Å². The molecule has 8 heteroatoms. The Labute approximate surface area is 163 Å². The Morgan fingerprint density at radius 3 is 1.79 bits per heavy atom. The lowest BCUT2D eigenvalue weighted by Crippen LogP contribution is -2.12. The fraction of sp³-hybridized carbons (Fsp3) is 0.100. The molecule has 28 heavy (non-hydrogen) atoms. The molecule has 2 aromatic carbocycles. The van der Waals surface area contributed by atoms with Crippen LogP contribution in [0.2, 0.25) is 0 Å². The summed E-state index contributed by atoms with van der Waals surface area (Å²) in [6, 6.07) is 10.6. The molecule has 3 N–H and O–H groups in total. The van der Waals surface area contributed by atoms with Crippen molar-refractivity contribution in [2.24, 2.45) is 0 Å². The summed E-state index contributed by atoms with van der Waals surface area (Å²) in [5.74, 6) is -0.796. The van der Waals surface area contributed by atoms with Crippen molar-refractivity contribution in [3.05, 3.63) is 66.8 Å². The largest absolute Gasteiger partial charge is 0.322 e. The van der Waals surface area contributed by atoms with Gasteiger partial charge in [0, 0.05) is 28.1 Å². The van der Waals surface area contributed by atoms with Gasteiger partial charge < -0.3 is 10.6 Å². The molecule has 0 spiro atoms. The first-order valence-electron chi connectivity index (χ1n) is 8.14. The van der Waals surface area contributed by atoms with Crippen LogP contribution >= 0.6 is 0 Å². The minimum Gasteiger partial charge on any atom is -0.322 e. The van der Waals surface area contributed by atoms with Crippen molar-refractivity contribution in [1.82, 2.24) is 0 Å². The van der Waals surface area contributed by atoms with Crippen LogP contribution in [0.25, 0.3) is 11.1 Å². The Morgan fingerprint density at radius 2 is 1.32 bits per heavy atom. The summed E-state index contributed by atoms with van der Waals surface area (Å²) in [5, 5.41) is 5.15. The second-order valence-electron chi connectivity index (χ2n) is 6.23. The highest BCUT2D eigenvalue weighted by molar-refractivity contribution is 7.86. The predicted octanol–water partition coefficient (Wildman–Crippen LogP) is 3.63. The zero-order valence-corrected chi connectivity index (χ0v) is 16.3. The Morgan fingerprint density at radius 1 is 0.857 bits per heavy atom. The molecule has 0 saturated heterocycles. The molecule has 0 bridgehead atoms. The number of carbonyl (C=O) groups excluding carboxylic acids is 2. The molecule has 2 amide bonds. The van der Waals surface area contributed by atoms with E-state index in [-0.39, 0.29) is 27.6 Å². The van der Waals surface area contributed by atoms with E-state index < -0.39 is 16.0 Å². The minimum atomic E-state index is -4.56. The van der Waals surface area contributed by atoms with E-state index in [4.69, 9.17) is 0 Å². The minimum absolute atomic E-state index is 0.203. The highest BCUT2D eigenvalue weighted by Gasteiger charge is 2.18. The number of hydrogen-bond acceptors (Lipinski definition) is 4. The monoisotopic (exact) mass is 400 g/mol. The average Bonchev–Trinajstić information content (AvgIpc) is 2.61. The predicted molar refractivity (Wildman–Crippen MR) is 109 cm³/mol. The zero-order chi connectivity index (χ0) is 21.1. The van der Waals surface area contributed by atoms with Gasteiger partial charge in [-0.25, -0.2) is 0 Å². The maximum absolute atomic E-state index is 11.8. The van der Waals surface area contributed by atoms with Gasteiger partial charge in [0.15, 0.2) is 0 Å². The molecule has 0 aliphatic carbocycles. The third-order valence-corrected chi connectivity index (χ3v) is 4.64. The van der Waals surface area contributed by atoms with Crippen molar-refractivity contribution >= 4 is 33.3 Å². The number of rotatable bonds is 6. The van der Waals surface area contributed by atoms with Crippen LogP contribution in [0.5, 0.6) is 0 Å². The fourth-order valence-electron chi connectivity index (χ4n) is 2.26. The highest BCUT2D eigenvalue weighted by atomic mass is 32.2. The van der Waals surface area contributed by atoms with Gasteiger partial charge in [0.2, 0.25) is 0 Å². The molecule has 0 saturated carbocycles. The lowest BCUT2D eigenvalue weighted by atomic mass is 10.0. The van der Waals surface area contributed by atoms with Crippen LogP contribution in [0.15, 0.2) is 71.7 Å². The van der Waals surface area contributed by atoms with Gasteiger partial charge in [0.25, 0.3) is 21.9 Å². The van der Waals surface area contributed by atoms with E-state index in [9.17, 15) is 22.6 Å². The highest BCUT2D eigenvalue weighted by Crippen LogP contribution is 2.31. The molecule has 0 aromatic heterocycles. The van der Waals surface area contributed by atoms with Crippen molar-refractivity contribution in [1.29, 1.82) is 0 Å². The molecule has 0 unspecified atom stereocenters. The van der Waals surface area contributed by atoms with Crippen LogP contribution in [0.4, 0.5) is 11.4 Å². The Kier molecular flexibility index (Phi) is 6.17. The average molecular weight is 400 g/mol. The second kappa shape index (κ2) is 8.20. The summed E-state index contributed by atoms with van der Waals surface area (Å²) >= 11 is 0. The van der Waals surface area contributed by atoms with E-state index in [2.05, 4.69) is 23.8 Å². The third kappa shape index (κ3) is 5.15. The molecule has 0 radical (unpaired) electrons. The first-order valence-corrected chi connectivity index (χ1v) is 9.58. The maximum atomic E-state index is 11.8. The maximum Gasteiger partial charge on any atom is 0.295 e. The van der Waals surface area contributed by atoms with Crippen molar-refractivity contribution < 1.29 is 22.6 Å². The lowest BCUT2D eigenvalue weighted by molar-refractivity contribution is -0.113. The zero-order valence-electron chi connectivity index (χ0n) is 15.4. The summed E-state index contributed by atoms with van der Waals surface area (Å²) in [7, 11) is -4.56. The number of hydrogen-bond donors (Lipinski definition) is 3. The molecular weight excluding hydrogens is 380 g/mol. The van der Waals surface area contributed by atoms with Gasteiger partial charge in [0.1, 0.15) is 4.90 Å². The number of amides is 2. The molecule has 0 aliphatic rings. The summed E-state index contributed by atoms with van der Waals surface area (Å²) in [5.41, 5.74) is 2.06. The van der Waals surface area contributed by atoms with E-state index in [1.54, 1.807) is 31.2 Å². The van der Waals surface area contributed by atoms with Crippen LogP contribution in [0.3, 0.4) is 0 Å². The number of anilines is 2. The molecule has 2 aromatic rings. The van der Waals surface area contributed by atoms with Crippen LogP contribution in [-0.2, 0) is 19.7 Å². The van der Waals surface area contributed by atoms with Gasteiger partial charge >= 0.3 is 0 Å². The number of carbonyl (C=O) groups is 2. The summed E-state index contributed by atoms with van der Waals surface area (Å²) < 4.78 is 33.3. The molecule has 0 fully saturated rings. The normalized spacial score (nSPS) is 10.8. The molecular formula is C20H20N2O5S. The first-order chi connectivity index (χ1) is 13.0. The van der Waals surface area contributed by atoms with Gasteiger partial charge in [0.05, 0.1) is 0 Å². The molecule has 146 valence electrons. The molecule has 7 nitrogen and oxygen atoms in total. The second-order valence-corrected chi connectivity index (χ2v) is 7.62. The van der Waals surface area contributed by atoms with Gasteiger partial charge in [-0.15, -0.1) is 0 Å². The van der Waals surface area contributed by atoms with Crippen LogP contribution in [0.1, 0.15) is 13.8 Å². The number of benzene rings is 2. The number of nitrogens with one attached hydrogen (secondary N) is 2. The smallest absolute Gasteiger partial charge is 0.295 e. The fourth-order valence-corrected chi connectivity index (χ4v) is 3.00. The topological polar surface area (TPSA) is 113 Å². The lowest BCUT2D eigenvalue weighted by Gasteiger charge is -2.12. The third-order valence-electron chi connectivity index (χ3n) is 3.75. The Balaban J connectivity index is 2.42. The van der Waals surface area contributed by atoms with Crippen molar-refractivity contribution in [3.8, 4) is 11.1 Å². The summed E-state index contributed by atoms with van der Waals surface area (Å²) in [4.78, 5) is 23.0. The quantitative estimate of drug-likeness (QED) is 0.506. The molecule has 0 atom stereocenters. The summed E-state index contributed by atoms with van der Waals surface area (Å²) in [6.45, 7) is 10.2. The SMILES string of the molecule is C=C(C)C(=O)Nc1ccc(-c2ccc(NC(=O)C(=C)C)cc2S(=O)(=O)O)cc1. The van der Waals surface area contributed by atoms with Crippen LogP contribution in [-0.4, -0.2) is 24.8 Å². The van der Waals surface area contributed by atoms with Crippen LogP contribution < -0.4 is 10.6 Å². The van der Waals surface area contributed by atoms with Crippen molar-refractivity contribution in [2.75, 3.05) is 10.6 Å². The standard InChI is InChI=1S/C20H20N2O5S/c1-12(2)19(23)21-15-7-5-14(6-8-15)17-10-9-16(22-20(24)13(3)4)11-18(17)28(25,26)27/h5-11H,1,3H2,2,4H3,(H,21,23)(H,22,24)(H,25,26,27). The molecule has 2 rings (SSSR count). The van der Waals surface area contributed by atoms with Crippen molar-refractivity contribution in [2.45, 2.75) is 18.7 Å². The van der Waals surface area contributed by atoms with Gasteiger partial charge in [-0.2, -0.15) is 8.42 Å². The Hall–Kier alpha value is -3.23. The van der Waals surface area contributed by atoms with E-state index in [1.807, 2.05) is 0 Å². The Bertz CT molecular complexity index is 1070. The van der Waals surface area contributed by atoms with E-state index in [0.29, 0.717) is 16.8 Å². The first kappa shape index (κ1) is 21.1. The van der Waals surface area contributed by atoms with Gasteiger partial charge in [-0.3, -0.25) is 14.1 Å².